The highest BCUT2D eigenvalue weighted by molar-refractivity contribution is 5.75. The van der Waals surface area contributed by atoms with Gasteiger partial charge in [0.15, 0.2) is 0 Å². The molecule has 0 aliphatic heterocycles. The fourth-order valence-electron chi connectivity index (χ4n) is 2.14. The fourth-order valence-corrected chi connectivity index (χ4v) is 2.14. The van der Waals surface area contributed by atoms with Gasteiger partial charge in [-0.3, -0.25) is 4.79 Å². The molecule has 1 rings (SSSR count). The number of hydrogen-bond donors (Lipinski definition) is 1. The second-order valence-electron chi connectivity index (χ2n) is 4.34. The molecule has 1 fully saturated rings. The molecule has 4 heteroatoms. The van der Waals surface area contributed by atoms with E-state index >= 15 is 0 Å². The summed E-state index contributed by atoms with van der Waals surface area (Å²) in [4.78, 5) is 13.4. The monoisotopic (exact) mass is 214 g/mol. The summed E-state index contributed by atoms with van der Waals surface area (Å²) in [5.41, 5.74) is 5.67. The summed E-state index contributed by atoms with van der Waals surface area (Å²) in [7, 11) is 3.49. The number of ether oxygens (including phenoxy) is 1. The average Bonchev–Trinajstić information content (AvgIpc) is 2.77. The molecule has 1 atom stereocenters. The van der Waals surface area contributed by atoms with Crippen molar-refractivity contribution >= 4 is 5.97 Å². The molecule has 1 unspecified atom stereocenters. The van der Waals surface area contributed by atoms with E-state index in [9.17, 15) is 4.79 Å². The summed E-state index contributed by atoms with van der Waals surface area (Å²) in [6, 6.07) is 0.216. The Bertz CT molecular complexity index is 203. The van der Waals surface area contributed by atoms with Gasteiger partial charge in [0.25, 0.3) is 0 Å². The zero-order valence-electron chi connectivity index (χ0n) is 9.74. The number of hydrogen-bond acceptors (Lipinski definition) is 4. The number of nitrogens with zero attached hydrogens (tertiary/aromatic N) is 1. The summed E-state index contributed by atoms with van der Waals surface area (Å²) >= 11 is 0. The standard InChI is InChI=1S/C11H22N2O2/c1-13(9-5-3-4-6-9)8-7-10(12)11(14)15-2/h9-10H,3-8,12H2,1-2H3. The Morgan fingerprint density at radius 2 is 2.13 bits per heavy atom. The van der Waals surface area contributed by atoms with Crippen LogP contribution in [0.25, 0.3) is 0 Å². The summed E-state index contributed by atoms with van der Waals surface area (Å²) < 4.78 is 4.59. The maximum atomic E-state index is 11.1. The van der Waals surface area contributed by atoms with Crippen LogP contribution in [0, 0.1) is 0 Å². The molecule has 1 aliphatic carbocycles. The second kappa shape index (κ2) is 6.08. The van der Waals surface area contributed by atoms with E-state index in [1.165, 1.54) is 32.8 Å². The maximum absolute atomic E-state index is 11.1. The van der Waals surface area contributed by atoms with Crippen LogP contribution >= 0.6 is 0 Å². The van der Waals surface area contributed by atoms with Crippen LogP contribution < -0.4 is 5.73 Å². The van der Waals surface area contributed by atoms with Gasteiger partial charge in [0.2, 0.25) is 0 Å². The van der Waals surface area contributed by atoms with Gasteiger partial charge in [-0.15, -0.1) is 0 Å². The summed E-state index contributed by atoms with van der Waals surface area (Å²) in [6.45, 7) is 0.876. The van der Waals surface area contributed by atoms with Crippen molar-refractivity contribution in [2.45, 2.75) is 44.2 Å². The lowest BCUT2D eigenvalue weighted by molar-refractivity contribution is -0.142. The predicted molar refractivity (Wildman–Crippen MR) is 59.5 cm³/mol. The molecular formula is C11H22N2O2. The summed E-state index contributed by atoms with van der Waals surface area (Å²) in [5, 5.41) is 0. The van der Waals surface area contributed by atoms with Gasteiger partial charge in [-0.25, -0.2) is 0 Å². The third-order valence-corrected chi connectivity index (χ3v) is 3.24. The normalized spacial score (nSPS) is 19.5. The predicted octanol–water partition coefficient (Wildman–Crippen LogP) is 0.751. The number of methoxy groups -OCH3 is 1. The van der Waals surface area contributed by atoms with Gasteiger partial charge in [0, 0.05) is 12.6 Å². The Morgan fingerprint density at radius 3 is 2.67 bits per heavy atom. The molecule has 0 heterocycles. The minimum Gasteiger partial charge on any atom is -0.468 e. The fraction of sp³-hybridized carbons (Fsp3) is 0.909. The quantitative estimate of drug-likeness (QED) is 0.686. The van der Waals surface area contributed by atoms with E-state index in [4.69, 9.17) is 5.73 Å². The first kappa shape index (κ1) is 12.5. The first-order valence-electron chi connectivity index (χ1n) is 5.68. The number of carbonyl (C=O) groups is 1. The van der Waals surface area contributed by atoms with Gasteiger partial charge in [-0.05, 0) is 26.3 Å². The third kappa shape index (κ3) is 3.80. The smallest absolute Gasteiger partial charge is 0.322 e. The number of rotatable bonds is 5. The molecule has 0 aromatic rings. The number of nitrogens with two attached hydrogens (primary N) is 1. The molecule has 88 valence electrons. The van der Waals surface area contributed by atoms with E-state index in [0.29, 0.717) is 12.5 Å². The van der Waals surface area contributed by atoms with Crippen LogP contribution in [-0.4, -0.2) is 43.7 Å². The Morgan fingerprint density at radius 1 is 1.53 bits per heavy atom. The van der Waals surface area contributed by atoms with Crippen molar-refractivity contribution < 1.29 is 9.53 Å². The molecule has 0 saturated heterocycles. The molecule has 4 nitrogen and oxygen atoms in total. The maximum Gasteiger partial charge on any atom is 0.322 e. The van der Waals surface area contributed by atoms with E-state index in [1.54, 1.807) is 0 Å². The topological polar surface area (TPSA) is 55.6 Å². The molecule has 1 aliphatic rings. The lowest BCUT2D eigenvalue weighted by Gasteiger charge is -2.24. The van der Waals surface area contributed by atoms with Gasteiger partial charge in [-0.2, -0.15) is 0 Å². The first-order valence-corrected chi connectivity index (χ1v) is 5.68. The van der Waals surface area contributed by atoms with Crippen LogP contribution in [0.1, 0.15) is 32.1 Å². The molecule has 0 amide bonds. The van der Waals surface area contributed by atoms with Crippen molar-refractivity contribution in [2.24, 2.45) is 5.73 Å². The van der Waals surface area contributed by atoms with Crippen LogP contribution in [0.4, 0.5) is 0 Å². The van der Waals surface area contributed by atoms with Gasteiger partial charge >= 0.3 is 5.97 Å². The molecule has 2 N–H and O–H groups in total. The second-order valence-corrected chi connectivity index (χ2v) is 4.34. The third-order valence-electron chi connectivity index (χ3n) is 3.24. The zero-order valence-corrected chi connectivity index (χ0v) is 9.74. The van der Waals surface area contributed by atoms with Crippen LogP contribution in [-0.2, 0) is 9.53 Å². The Labute approximate surface area is 91.8 Å². The minimum absolute atomic E-state index is 0.310. The van der Waals surface area contributed by atoms with Crippen LogP contribution in [0.5, 0.6) is 0 Å². The van der Waals surface area contributed by atoms with Crippen molar-refractivity contribution in [3.05, 3.63) is 0 Å². The van der Waals surface area contributed by atoms with Crippen LogP contribution in [0.3, 0.4) is 0 Å². The lowest BCUT2D eigenvalue weighted by Crippen LogP contribution is -2.38. The molecule has 0 bridgehead atoms. The Kier molecular flexibility index (Phi) is 5.05. The highest BCUT2D eigenvalue weighted by atomic mass is 16.5. The van der Waals surface area contributed by atoms with E-state index in [0.717, 1.165) is 6.54 Å². The van der Waals surface area contributed by atoms with E-state index < -0.39 is 6.04 Å². The van der Waals surface area contributed by atoms with Crippen molar-refractivity contribution in [3.63, 3.8) is 0 Å². The van der Waals surface area contributed by atoms with Gasteiger partial charge < -0.3 is 15.4 Å². The zero-order chi connectivity index (χ0) is 11.3. The SMILES string of the molecule is COC(=O)C(N)CCN(C)C1CCCC1. The van der Waals surface area contributed by atoms with Crippen molar-refractivity contribution in [2.75, 3.05) is 20.7 Å². The highest BCUT2D eigenvalue weighted by Gasteiger charge is 2.21. The molecule has 0 aromatic heterocycles. The van der Waals surface area contributed by atoms with Crippen molar-refractivity contribution in [1.29, 1.82) is 0 Å². The summed E-state index contributed by atoms with van der Waals surface area (Å²) in [6.07, 6.45) is 5.91. The van der Waals surface area contributed by atoms with Gasteiger partial charge in [-0.1, -0.05) is 12.8 Å². The molecule has 1 saturated carbocycles. The first-order chi connectivity index (χ1) is 7.15. The van der Waals surface area contributed by atoms with E-state index in [1.807, 2.05) is 0 Å². The van der Waals surface area contributed by atoms with Crippen molar-refractivity contribution in [1.82, 2.24) is 4.90 Å². The van der Waals surface area contributed by atoms with E-state index in [-0.39, 0.29) is 5.97 Å². The number of carbonyl (C=O) groups excluding carboxylic acids is 1. The van der Waals surface area contributed by atoms with Gasteiger partial charge in [0.05, 0.1) is 7.11 Å². The Hall–Kier alpha value is -0.610. The number of esters is 1. The van der Waals surface area contributed by atoms with Crippen LogP contribution in [0.2, 0.25) is 0 Å². The lowest BCUT2D eigenvalue weighted by atomic mass is 10.1. The molecule has 15 heavy (non-hydrogen) atoms. The molecular weight excluding hydrogens is 192 g/mol. The van der Waals surface area contributed by atoms with Crippen molar-refractivity contribution in [3.8, 4) is 0 Å². The van der Waals surface area contributed by atoms with E-state index in [2.05, 4.69) is 16.7 Å². The highest BCUT2D eigenvalue weighted by Crippen LogP contribution is 2.22. The summed E-state index contributed by atoms with van der Waals surface area (Å²) in [5.74, 6) is -0.310. The minimum atomic E-state index is -0.473. The molecule has 0 spiro atoms. The van der Waals surface area contributed by atoms with Crippen LogP contribution in [0.15, 0.2) is 0 Å². The largest absolute Gasteiger partial charge is 0.468 e. The van der Waals surface area contributed by atoms with Gasteiger partial charge in [0.1, 0.15) is 6.04 Å². The molecule has 0 aromatic carbocycles. The Balaban J connectivity index is 2.20. The average molecular weight is 214 g/mol. The molecule has 0 radical (unpaired) electrons.